The van der Waals surface area contributed by atoms with Crippen molar-refractivity contribution in [2.24, 2.45) is 0 Å². The van der Waals surface area contributed by atoms with Crippen molar-refractivity contribution in [2.75, 3.05) is 17.9 Å². The maximum atomic E-state index is 13.3. The van der Waals surface area contributed by atoms with Crippen LogP contribution in [0.1, 0.15) is 36.8 Å². The van der Waals surface area contributed by atoms with Gasteiger partial charge in [-0.2, -0.15) is 0 Å². The number of rotatable bonds is 6. The van der Waals surface area contributed by atoms with Gasteiger partial charge in [-0.25, -0.2) is 4.68 Å². The Morgan fingerprint density at radius 3 is 2.47 bits per heavy atom. The number of thioether (sulfide) groups is 1. The van der Waals surface area contributed by atoms with E-state index in [2.05, 4.69) is 27.9 Å². The molecule has 2 N–H and O–H groups in total. The SMILES string of the molecule is CCc1ccc(NC(=O)[C@@H]2Sc3nnc(CC)n3N[C@H]2c2ccc(OC)cc2)cc1. The van der Waals surface area contributed by atoms with Crippen LogP contribution in [0.4, 0.5) is 5.69 Å². The number of amides is 1. The predicted molar refractivity (Wildman–Crippen MR) is 119 cm³/mol. The molecule has 7 nitrogen and oxygen atoms in total. The summed E-state index contributed by atoms with van der Waals surface area (Å²) in [6.45, 7) is 4.14. The van der Waals surface area contributed by atoms with Crippen LogP contribution in [0.25, 0.3) is 0 Å². The maximum absolute atomic E-state index is 13.3. The average Bonchev–Trinajstić information content (AvgIpc) is 3.21. The van der Waals surface area contributed by atoms with Gasteiger partial charge in [0.25, 0.3) is 0 Å². The van der Waals surface area contributed by atoms with Crippen LogP contribution in [0, 0.1) is 0 Å². The van der Waals surface area contributed by atoms with Crippen LogP contribution in [0.5, 0.6) is 5.75 Å². The monoisotopic (exact) mass is 423 g/mol. The molecule has 8 heteroatoms. The van der Waals surface area contributed by atoms with Crippen LogP contribution in [-0.4, -0.2) is 33.1 Å². The first-order valence-electron chi connectivity index (χ1n) is 10.0. The van der Waals surface area contributed by atoms with Gasteiger partial charge in [0.2, 0.25) is 11.1 Å². The van der Waals surface area contributed by atoms with Gasteiger partial charge in [-0.3, -0.25) is 4.79 Å². The summed E-state index contributed by atoms with van der Waals surface area (Å²) in [7, 11) is 1.64. The van der Waals surface area contributed by atoms with Gasteiger partial charge in [-0.05, 0) is 41.8 Å². The Balaban J connectivity index is 1.63. The number of methoxy groups -OCH3 is 1. The molecule has 1 aliphatic heterocycles. The Morgan fingerprint density at radius 2 is 1.83 bits per heavy atom. The molecular weight excluding hydrogens is 398 g/mol. The van der Waals surface area contributed by atoms with Gasteiger partial charge in [0.15, 0.2) is 5.82 Å². The van der Waals surface area contributed by atoms with Gasteiger partial charge in [-0.1, -0.05) is 49.9 Å². The third-order valence-electron chi connectivity index (χ3n) is 5.18. The molecule has 2 atom stereocenters. The normalized spacial score (nSPS) is 17.7. The number of nitrogens with zero attached hydrogens (tertiary/aromatic N) is 3. The van der Waals surface area contributed by atoms with Crippen molar-refractivity contribution in [1.82, 2.24) is 14.9 Å². The number of anilines is 1. The van der Waals surface area contributed by atoms with Crippen LogP contribution >= 0.6 is 11.8 Å². The van der Waals surface area contributed by atoms with E-state index in [9.17, 15) is 4.79 Å². The number of carbonyl (C=O) groups is 1. The molecule has 0 unspecified atom stereocenters. The fourth-order valence-corrected chi connectivity index (χ4v) is 4.52. The van der Waals surface area contributed by atoms with Gasteiger partial charge in [0, 0.05) is 12.1 Å². The van der Waals surface area contributed by atoms with Gasteiger partial charge in [0.05, 0.1) is 13.2 Å². The summed E-state index contributed by atoms with van der Waals surface area (Å²) in [5.41, 5.74) is 6.47. The number of hydrogen-bond donors (Lipinski definition) is 2. The summed E-state index contributed by atoms with van der Waals surface area (Å²) >= 11 is 1.42. The molecule has 1 aliphatic rings. The Bertz CT molecular complexity index is 1020. The summed E-state index contributed by atoms with van der Waals surface area (Å²) < 4.78 is 7.17. The Labute approximate surface area is 180 Å². The van der Waals surface area contributed by atoms with E-state index in [4.69, 9.17) is 4.74 Å². The summed E-state index contributed by atoms with van der Waals surface area (Å²) in [4.78, 5) is 13.3. The highest BCUT2D eigenvalue weighted by atomic mass is 32.2. The number of aromatic nitrogens is 3. The average molecular weight is 424 g/mol. The Kier molecular flexibility index (Phi) is 5.94. The minimum atomic E-state index is -0.411. The van der Waals surface area contributed by atoms with Crippen LogP contribution in [0.3, 0.4) is 0 Å². The molecule has 2 aromatic carbocycles. The second-order valence-electron chi connectivity index (χ2n) is 7.05. The van der Waals surface area contributed by atoms with Gasteiger partial charge >= 0.3 is 0 Å². The molecule has 0 saturated heterocycles. The highest BCUT2D eigenvalue weighted by Gasteiger charge is 2.37. The van der Waals surface area contributed by atoms with Crippen molar-refractivity contribution in [3.8, 4) is 5.75 Å². The molecule has 2 heterocycles. The summed E-state index contributed by atoms with van der Waals surface area (Å²) in [6, 6.07) is 15.5. The molecule has 0 spiro atoms. The first-order chi connectivity index (χ1) is 14.6. The first-order valence-corrected chi connectivity index (χ1v) is 10.9. The van der Waals surface area contributed by atoms with Crippen molar-refractivity contribution in [3.05, 3.63) is 65.5 Å². The predicted octanol–water partition coefficient (Wildman–Crippen LogP) is 3.81. The number of ether oxygens (including phenoxy) is 1. The third-order valence-corrected chi connectivity index (χ3v) is 6.40. The summed E-state index contributed by atoms with van der Waals surface area (Å²) in [6.07, 6.45) is 1.71. The lowest BCUT2D eigenvalue weighted by molar-refractivity contribution is -0.116. The molecule has 0 radical (unpaired) electrons. The molecule has 30 heavy (non-hydrogen) atoms. The second kappa shape index (κ2) is 8.79. The molecule has 4 rings (SSSR count). The molecule has 3 aromatic rings. The van der Waals surface area contributed by atoms with E-state index >= 15 is 0 Å². The first kappa shape index (κ1) is 20.3. The summed E-state index contributed by atoms with van der Waals surface area (Å²) in [5, 5.41) is 11.8. The maximum Gasteiger partial charge on any atom is 0.240 e. The molecule has 0 aliphatic carbocycles. The van der Waals surface area contributed by atoms with E-state index in [-0.39, 0.29) is 11.9 Å². The minimum absolute atomic E-state index is 0.0788. The number of hydrogen-bond acceptors (Lipinski definition) is 6. The molecule has 0 saturated carbocycles. The highest BCUT2D eigenvalue weighted by molar-refractivity contribution is 8.00. The van der Waals surface area contributed by atoms with Crippen molar-refractivity contribution < 1.29 is 9.53 Å². The quantitative estimate of drug-likeness (QED) is 0.628. The second-order valence-corrected chi connectivity index (χ2v) is 8.15. The van der Waals surface area contributed by atoms with Gasteiger partial charge in [0.1, 0.15) is 11.0 Å². The molecule has 1 aromatic heterocycles. The highest BCUT2D eigenvalue weighted by Crippen LogP contribution is 2.38. The fourth-order valence-electron chi connectivity index (χ4n) is 3.43. The van der Waals surface area contributed by atoms with E-state index in [1.165, 1.54) is 17.3 Å². The zero-order valence-electron chi connectivity index (χ0n) is 17.3. The lowest BCUT2D eigenvalue weighted by Gasteiger charge is -2.33. The van der Waals surface area contributed by atoms with E-state index < -0.39 is 5.25 Å². The van der Waals surface area contributed by atoms with Crippen LogP contribution in [0.15, 0.2) is 53.7 Å². The lowest BCUT2D eigenvalue weighted by Crippen LogP contribution is -2.41. The Hall–Kier alpha value is -3.00. The van der Waals surface area contributed by atoms with Crippen molar-refractivity contribution in [2.45, 2.75) is 43.1 Å². The fraction of sp³-hybridized carbons (Fsp3) is 0.318. The largest absolute Gasteiger partial charge is 0.497 e. The molecule has 0 bridgehead atoms. The van der Waals surface area contributed by atoms with E-state index in [1.54, 1.807) is 7.11 Å². The van der Waals surface area contributed by atoms with E-state index in [0.29, 0.717) is 5.16 Å². The van der Waals surface area contributed by atoms with Gasteiger partial charge in [-0.15, -0.1) is 10.2 Å². The lowest BCUT2D eigenvalue weighted by atomic mass is 10.0. The van der Waals surface area contributed by atoms with Crippen LogP contribution < -0.4 is 15.5 Å². The standard InChI is InChI=1S/C22H25N5O2S/c1-4-14-6-10-16(11-7-14)23-21(28)20-19(15-8-12-17(29-3)13-9-15)26-27-18(5-2)24-25-22(27)30-20/h6-13,19-20,26H,4-5H2,1-3H3,(H,23,28)/t19-,20+/m0/s1. The topological polar surface area (TPSA) is 81.1 Å². The number of carbonyl (C=O) groups excluding carboxylic acids is 1. The number of fused-ring (bicyclic) bond motifs is 1. The third kappa shape index (κ3) is 4.00. The summed E-state index contributed by atoms with van der Waals surface area (Å²) in [5.74, 6) is 1.54. The Morgan fingerprint density at radius 1 is 1.10 bits per heavy atom. The minimum Gasteiger partial charge on any atom is -0.497 e. The van der Waals surface area contributed by atoms with Crippen molar-refractivity contribution in [3.63, 3.8) is 0 Å². The van der Waals surface area contributed by atoms with Gasteiger partial charge < -0.3 is 15.5 Å². The molecule has 1 amide bonds. The zero-order valence-corrected chi connectivity index (χ0v) is 18.1. The van der Waals surface area contributed by atoms with Crippen LogP contribution in [0.2, 0.25) is 0 Å². The van der Waals surface area contributed by atoms with Crippen molar-refractivity contribution >= 4 is 23.4 Å². The molecule has 0 fully saturated rings. The van der Waals surface area contributed by atoms with E-state index in [1.807, 2.05) is 60.1 Å². The number of benzene rings is 2. The van der Waals surface area contributed by atoms with Crippen molar-refractivity contribution in [1.29, 1.82) is 0 Å². The molecular formula is C22H25N5O2S. The van der Waals surface area contributed by atoms with E-state index in [0.717, 1.165) is 35.7 Å². The molecule has 156 valence electrons. The zero-order chi connectivity index (χ0) is 21.1. The van der Waals surface area contributed by atoms with Crippen LogP contribution in [-0.2, 0) is 17.6 Å². The number of nitrogens with one attached hydrogen (secondary N) is 2. The smallest absolute Gasteiger partial charge is 0.240 e. The number of aryl methyl sites for hydroxylation is 2.